The molecule has 1 unspecified atom stereocenters. The Hall–Kier alpha value is -1.52. The van der Waals surface area contributed by atoms with Crippen LogP contribution in [0.15, 0.2) is 0 Å². The Morgan fingerprint density at radius 1 is 1.69 bits per heavy atom. The molecule has 0 aromatic carbocycles. The molecule has 0 radical (unpaired) electrons. The van der Waals surface area contributed by atoms with Gasteiger partial charge in [-0.1, -0.05) is 0 Å². The molecule has 0 bridgehead atoms. The Balaban J connectivity index is 2.39. The summed E-state index contributed by atoms with van der Waals surface area (Å²) in [6.45, 7) is 2.05. The second-order valence-corrected chi connectivity index (χ2v) is 3.31. The minimum atomic E-state index is -0.940. The molecule has 5 heteroatoms. The molecule has 70 valence electrons. The largest absolute Gasteiger partial charge is 0.477 e. The van der Waals surface area contributed by atoms with Crippen molar-refractivity contribution < 1.29 is 9.90 Å². The van der Waals surface area contributed by atoms with Crippen LogP contribution in [0.4, 0.5) is 5.82 Å². The summed E-state index contributed by atoms with van der Waals surface area (Å²) in [5.41, 5.74) is 1.01. The third-order valence-corrected chi connectivity index (χ3v) is 2.29. The van der Waals surface area contributed by atoms with E-state index in [1.807, 2.05) is 0 Å². The Bertz CT molecular complexity index is 345. The van der Waals surface area contributed by atoms with Gasteiger partial charge >= 0.3 is 5.97 Å². The third-order valence-electron chi connectivity index (χ3n) is 2.29. The van der Waals surface area contributed by atoms with Crippen molar-refractivity contribution >= 4 is 11.8 Å². The third kappa shape index (κ3) is 1.26. The second kappa shape index (κ2) is 2.76. The summed E-state index contributed by atoms with van der Waals surface area (Å²) < 4.78 is 0. The van der Waals surface area contributed by atoms with Gasteiger partial charge in [0.25, 0.3) is 0 Å². The maximum atomic E-state index is 10.7. The van der Waals surface area contributed by atoms with Crippen LogP contribution in [0.25, 0.3) is 0 Å². The van der Waals surface area contributed by atoms with Crippen LogP contribution >= 0.6 is 0 Å². The van der Waals surface area contributed by atoms with Crippen LogP contribution in [-0.2, 0) is 6.42 Å². The maximum absolute atomic E-state index is 10.7. The number of rotatable bonds is 1. The van der Waals surface area contributed by atoms with Gasteiger partial charge in [0.05, 0.1) is 0 Å². The molecule has 2 rings (SSSR count). The highest BCUT2D eigenvalue weighted by Crippen LogP contribution is 2.24. The topological polar surface area (TPSA) is 78.0 Å². The molecule has 1 aromatic heterocycles. The van der Waals surface area contributed by atoms with Crippen molar-refractivity contribution in [3.63, 3.8) is 0 Å². The lowest BCUT2D eigenvalue weighted by molar-refractivity contribution is 0.0689. The zero-order valence-electron chi connectivity index (χ0n) is 7.29. The first-order valence-corrected chi connectivity index (χ1v) is 4.25. The van der Waals surface area contributed by atoms with Crippen LogP contribution in [0.1, 0.15) is 29.4 Å². The Labute approximate surface area is 75.2 Å². The molecule has 0 aliphatic carbocycles. The van der Waals surface area contributed by atoms with E-state index in [2.05, 4.69) is 22.4 Å². The fraction of sp³-hybridized carbons (Fsp3) is 0.500. The van der Waals surface area contributed by atoms with Gasteiger partial charge in [0, 0.05) is 11.6 Å². The number of nitrogens with zero attached hydrogens (tertiary/aromatic N) is 1. The highest BCUT2D eigenvalue weighted by molar-refractivity contribution is 5.89. The van der Waals surface area contributed by atoms with Crippen LogP contribution in [-0.4, -0.2) is 27.3 Å². The molecule has 1 aliphatic heterocycles. The summed E-state index contributed by atoms with van der Waals surface area (Å²) in [4.78, 5) is 10.7. The normalized spacial score (nSPS) is 20.5. The molecule has 0 amide bonds. The molecule has 0 saturated carbocycles. The summed E-state index contributed by atoms with van der Waals surface area (Å²) >= 11 is 0. The SMILES string of the molecule is CC1CCc2c(n[nH]c2C(=O)O)N1. The van der Waals surface area contributed by atoms with Crippen LogP contribution < -0.4 is 5.32 Å². The van der Waals surface area contributed by atoms with Crippen molar-refractivity contribution in [3.05, 3.63) is 11.3 Å². The van der Waals surface area contributed by atoms with E-state index < -0.39 is 5.97 Å². The molecule has 0 fully saturated rings. The highest BCUT2D eigenvalue weighted by atomic mass is 16.4. The molecule has 2 heterocycles. The predicted octanol–water partition coefficient (Wildman–Crippen LogP) is 0.854. The van der Waals surface area contributed by atoms with Crippen LogP contribution in [0.3, 0.4) is 0 Å². The van der Waals surface area contributed by atoms with E-state index in [4.69, 9.17) is 5.11 Å². The first-order chi connectivity index (χ1) is 6.18. The number of carboxylic acid groups (broad SMARTS) is 1. The molecule has 0 saturated heterocycles. The number of aromatic carboxylic acids is 1. The number of aromatic amines is 1. The van der Waals surface area contributed by atoms with Crippen molar-refractivity contribution in [1.29, 1.82) is 0 Å². The summed E-state index contributed by atoms with van der Waals surface area (Å²) in [5, 5.41) is 18.4. The van der Waals surface area contributed by atoms with Crippen molar-refractivity contribution in [2.75, 3.05) is 5.32 Å². The molecule has 1 aliphatic rings. The number of hydrogen-bond donors (Lipinski definition) is 3. The molecular weight excluding hydrogens is 170 g/mol. The van der Waals surface area contributed by atoms with E-state index in [9.17, 15) is 4.79 Å². The number of anilines is 1. The molecule has 13 heavy (non-hydrogen) atoms. The van der Waals surface area contributed by atoms with Gasteiger partial charge in [-0.3, -0.25) is 5.10 Å². The van der Waals surface area contributed by atoms with E-state index in [1.54, 1.807) is 0 Å². The first kappa shape index (κ1) is 8.10. The molecule has 0 spiro atoms. The predicted molar refractivity (Wildman–Crippen MR) is 47.0 cm³/mol. The van der Waals surface area contributed by atoms with E-state index in [0.29, 0.717) is 11.9 Å². The fourth-order valence-corrected chi connectivity index (χ4v) is 1.57. The minimum absolute atomic E-state index is 0.217. The summed E-state index contributed by atoms with van der Waals surface area (Å²) in [5.74, 6) is -0.249. The van der Waals surface area contributed by atoms with E-state index in [0.717, 1.165) is 18.4 Å². The highest BCUT2D eigenvalue weighted by Gasteiger charge is 2.23. The average Bonchev–Trinajstić information content (AvgIpc) is 2.46. The summed E-state index contributed by atoms with van der Waals surface area (Å²) in [7, 11) is 0. The number of carboxylic acids is 1. The Morgan fingerprint density at radius 3 is 3.15 bits per heavy atom. The van der Waals surface area contributed by atoms with Crippen LogP contribution in [0.2, 0.25) is 0 Å². The van der Waals surface area contributed by atoms with Gasteiger partial charge in [-0.25, -0.2) is 4.79 Å². The summed E-state index contributed by atoms with van der Waals surface area (Å²) in [6.07, 6.45) is 1.73. The van der Waals surface area contributed by atoms with Crippen molar-refractivity contribution in [3.8, 4) is 0 Å². The van der Waals surface area contributed by atoms with Gasteiger partial charge in [0.1, 0.15) is 5.69 Å². The lowest BCUT2D eigenvalue weighted by atomic mass is 10.0. The van der Waals surface area contributed by atoms with Crippen molar-refractivity contribution in [2.45, 2.75) is 25.8 Å². The lowest BCUT2D eigenvalue weighted by Gasteiger charge is -2.19. The van der Waals surface area contributed by atoms with Crippen LogP contribution in [0, 0.1) is 0 Å². The average molecular weight is 181 g/mol. The molecule has 1 aromatic rings. The first-order valence-electron chi connectivity index (χ1n) is 4.25. The van der Waals surface area contributed by atoms with Gasteiger partial charge < -0.3 is 10.4 Å². The lowest BCUT2D eigenvalue weighted by Crippen LogP contribution is -2.22. The van der Waals surface area contributed by atoms with Gasteiger partial charge in [-0.2, -0.15) is 5.10 Å². The number of H-pyrrole nitrogens is 1. The van der Waals surface area contributed by atoms with Gasteiger partial charge in [0.2, 0.25) is 0 Å². The van der Waals surface area contributed by atoms with E-state index >= 15 is 0 Å². The molecule has 1 atom stereocenters. The monoisotopic (exact) mass is 181 g/mol. The minimum Gasteiger partial charge on any atom is -0.477 e. The van der Waals surface area contributed by atoms with Crippen molar-refractivity contribution in [1.82, 2.24) is 10.2 Å². The maximum Gasteiger partial charge on any atom is 0.354 e. The van der Waals surface area contributed by atoms with E-state index in [1.165, 1.54) is 0 Å². The van der Waals surface area contributed by atoms with Crippen LogP contribution in [0.5, 0.6) is 0 Å². The molecule has 3 N–H and O–H groups in total. The number of hydrogen-bond acceptors (Lipinski definition) is 3. The van der Waals surface area contributed by atoms with Crippen molar-refractivity contribution in [2.24, 2.45) is 0 Å². The second-order valence-electron chi connectivity index (χ2n) is 3.31. The Morgan fingerprint density at radius 2 is 2.46 bits per heavy atom. The zero-order chi connectivity index (χ0) is 9.42. The quantitative estimate of drug-likeness (QED) is 0.600. The van der Waals surface area contributed by atoms with E-state index in [-0.39, 0.29) is 5.69 Å². The smallest absolute Gasteiger partial charge is 0.354 e. The van der Waals surface area contributed by atoms with Gasteiger partial charge in [-0.15, -0.1) is 0 Å². The number of aromatic nitrogens is 2. The molecule has 5 nitrogen and oxygen atoms in total. The van der Waals surface area contributed by atoms with Gasteiger partial charge in [0.15, 0.2) is 5.82 Å². The molecular formula is C8H11N3O2. The summed E-state index contributed by atoms with van der Waals surface area (Å²) in [6, 6.07) is 0.373. The number of carbonyl (C=O) groups is 1. The fourth-order valence-electron chi connectivity index (χ4n) is 1.57. The van der Waals surface area contributed by atoms with Gasteiger partial charge in [-0.05, 0) is 19.8 Å². The zero-order valence-corrected chi connectivity index (χ0v) is 7.29. The Kier molecular flexibility index (Phi) is 1.72. The number of nitrogens with one attached hydrogen (secondary N) is 2. The number of fused-ring (bicyclic) bond motifs is 1. The standard InChI is InChI=1S/C8H11N3O2/c1-4-2-3-5-6(8(12)13)10-11-7(5)9-4/h4H,2-3H2,1H3,(H,12,13)(H2,9,10,11).